The standard InChI is InChI=1S/C16H20N2O3S/c19-22(20,18-9-3-4-13-11-17-21-12-13)16-8-7-14-5-1-2-6-15(14)10-16/h7-8,10-12,18H,1-6,9H2. The molecule has 0 amide bonds. The number of sulfonamides is 1. The predicted octanol–water partition coefficient (Wildman–Crippen LogP) is 2.46. The smallest absolute Gasteiger partial charge is 0.240 e. The van der Waals surface area contributed by atoms with Gasteiger partial charge < -0.3 is 4.52 Å². The van der Waals surface area contributed by atoms with Gasteiger partial charge in [-0.3, -0.25) is 0 Å². The SMILES string of the molecule is O=S(=O)(NCCCc1cnoc1)c1ccc2c(c1)CCCC2. The van der Waals surface area contributed by atoms with Gasteiger partial charge in [-0.05, 0) is 61.8 Å². The number of fused-ring (bicyclic) bond motifs is 1. The van der Waals surface area contributed by atoms with Crippen molar-refractivity contribution < 1.29 is 12.9 Å². The lowest BCUT2D eigenvalue weighted by Gasteiger charge is -2.16. The first-order chi connectivity index (χ1) is 10.6. The molecule has 0 saturated heterocycles. The fourth-order valence-corrected chi connectivity index (χ4v) is 3.93. The summed E-state index contributed by atoms with van der Waals surface area (Å²) in [7, 11) is -3.42. The monoisotopic (exact) mass is 320 g/mol. The molecule has 1 N–H and O–H groups in total. The molecule has 0 unspecified atom stereocenters. The lowest BCUT2D eigenvalue weighted by molar-refractivity contribution is 0.418. The highest BCUT2D eigenvalue weighted by Gasteiger charge is 2.17. The quantitative estimate of drug-likeness (QED) is 0.830. The third-order valence-electron chi connectivity index (χ3n) is 4.05. The number of rotatable bonds is 6. The van der Waals surface area contributed by atoms with E-state index in [1.54, 1.807) is 18.5 Å². The van der Waals surface area contributed by atoms with Crippen LogP contribution in [0.3, 0.4) is 0 Å². The van der Waals surface area contributed by atoms with E-state index in [-0.39, 0.29) is 0 Å². The summed E-state index contributed by atoms with van der Waals surface area (Å²) in [5.74, 6) is 0. The van der Waals surface area contributed by atoms with Gasteiger partial charge in [0.2, 0.25) is 10.0 Å². The van der Waals surface area contributed by atoms with Crippen molar-refractivity contribution in [2.24, 2.45) is 0 Å². The van der Waals surface area contributed by atoms with Crippen molar-refractivity contribution in [1.29, 1.82) is 0 Å². The van der Waals surface area contributed by atoms with Crippen molar-refractivity contribution in [1.82, 2.24) is 9.88 Å². The second-order valence-electron chi connectivity index (χ2n) is 5.67. The van der Waals surface area contributed by atoms with Crippen LogP contribution in [0.5, 0.6) is 0 Å². The topological polar surface area (TPSA) is 72.2 Å². The van der Waals surface area contributed by atoms with Gasteiger partial charge in [0, 0.05) is 12.1 Å². The van der Waals surface area contributed by atoms with Gasteiger partial charge in [-0.25, -0.2) is 13.1 Å². The summed E-state index contributed by atoms with van der Waals surface area (Å²) in [4.78, 5) is 0.373. The van der Waals surface area contributed by atoms with E-state index >= 15 is 0 Å². The minimum atomic E-state index is -3.42. The summed E-state index contributed by atoms with van der Waals surface area (Å²) in [6.45, 7) is 0.407. The molecule has 0 saturated carbocycles. The summed E-state index contributed by atoms with van der Waals surface area (Å²) in [6.07, 6.45) is 9.06. The summed E-state index contributed by atoms with van der Waals surface area (Å²) < 4.78 is 32.1. The Morgan fingerprint density at radius 3 is 2.77 bits per heavy atom. The molecule has 1 heterocycles. The van der Waals surface area contributed by atoms with Crippen LogP contribution in [0, 0.1) is 0 Å². The van der Waals surface area contributed by atoms with Crippen LogP contribution in [0.1, 0.15) is 36.0 Å². The molecular formula is C16H20N2O3S. The van der Waals surface area contributed by atoms with Crippen LogP contribution in [0.4, 0.5) is 0 Å². The van der Waals surface area contributed by atoms with Crippen LogP contribution in [-0.2, 0) is 29.3 Å². The van der Waals surface area contributed by atoms with Gasteiger partial charge in [-0.1, -0.05) is 11.2 Å². The summed E-state index contributed by atoms with van der Waals surface area (Å²) in [6, 6.07) is 5.50. The fraction of sp³-hybridized carbons (Fsp3) is 0.438. The number of benzene rings is 1. The minimum Gasteiger partial charge on any atom is -0.364 e. The third-order valence-corrected chi connectivity index (χ3v) is 5.51. The molecule has 6 heteroatoms. The highest BCUT2D eigenvalue weighted by molar-refractivity contribution is 7.89. The molecule has 0 fully saturated rings. The molecule has 3 rings (SSSR count). The maximum atomic E-state index is 12.3. The van der Waals surface area contributed by atoms with Crippen molar-refractivity contribution in [3.05, 3.63) is 47.3 Å². The summed E-state index contributed by atoms with van der Waals surface area (Å²) >= 11 is 0. The first kappa shape index (κ1) is 15.2. The molecule has 118 valence electrons. The highest BCUT2D eigenvalue weighted by atomic mass is 32.2. The Morgan fingerprint density at radius 2 is 2.00 bits per heavy atom. The third kappa shape index (κ3) is 3.56. The van der Waals surface area contributed by atoms with E-state index in [0.717, 1.165) is 31.2 Å². The van der Waals surface area contributed by atoms with Gasteiger partial charge >= 0.3 is 0 Å². The first-order valence-electron chi connectivity index (χ1n) is 7.65. The molecule has 1 aromatic heterocycles. The molecule has 0 spiro atoms. The Bertz CT molecular complexity index is 724. The number of nitrogens with zero attached hydrogens (tertiary/aromatic N) is 1. The molecule has 1 aliphatic carbocycles. The van der Waals surface area contributed by atoms with Crippen LogP contribution >= 0.6 is 0 Å². The molecule has 0 radical (unpaired) electrons. The van der Waals surface area contributed by atoms with Gasteiger partial charge in [0.15, 0.2) is 0 Å². The zero-order valence-electron chi connectivity index (χ0n) is 12.4. The molecule has 2 aromatic rings. The zero-order valence-corrected chi connectivity index (χ0v) is 13.2. The van der Waals surface area contributed by atoms with E-state index in [1.807, 2.05) is 12.1 Å². The average molecular weight is 320 g/mol. The van der Waals surface area contributed by atoms with E-state index in [2.05, 4.69) is 9.88 Å². The van der Waals surface area contributed by atoms with E-state index in [0.29, 0.717) is 17.9 Å². The average Bonchev–Trinajstić information content (AvgIpc) is 3.04. The van der Waals surface area contributed by atoms with E-state index in [9.17, 15) is 8.42 Å². The normalized spacial score (nSPS) is 14.7. The highest BCUT2D eigenvalue weighted by Crippen LogP contribution is 2.24. The Labute approximate surface area is 130 Å². The van der Waals surface area contributed by atoms with Gasteiger partial charge in [0.25, 0.3) is 0 Å². The van der Waals surface area contributed by atoms with E-state index < -0.39 is 10.0 Å². The maximum Gasteiger partial charge on any atom is 0.240 e. The lowest BCUT2D eigenvalue weighted by Crippen LogP contribution is -2.25. The first-order valence-corrected chi connectivity index (χ1v) is 9.13. The largest absolute Gasteiger partial charge is 0.364 e. The Kier molecular flexibility index (Phi) is 4.59. The second-order valence-corrected chi connectivity index (χ2v) is 7.44. The molecular weight excluding hydrogens is 300 g/mol. The van der Waals surface area contributed by atoms with Crippen molar-refractivity contribution in [3.63, 3.8) is 0 Å². The number of aromatic nitrogens is 1. The van der Waals surface area contributed by atoms with Gasteiger partial charge in [-0.2, -0.15) is 0 Å². The van der Waals surface area contributed by atoms with Crippen molar-refractivity contribution in [2.45, 2.75) is 43.4 Å². The zero-order chi connectivity index (χ0) is 15.4. The van der Waals surface area contributed by atoms with Crippen LogP contribution in [-0.4, -0.2) is 20.1 Å². The predicted molar refractivity (Wildman–Crippen MR) is 83.1 cm³/mol. The van der Waals surface area contributed by atoms with E-state index in [4.69, 9.17) is 4.52 Å². The fourth-order valence-electron chi connectivity index (χ4n) is 2.81. The lowest BCUT2D eigenvalue weighted by atomic mass is 9.92. The van der Waals surface area contributed by atoms with Crippen LogP contribution < -0.4 is 4.72 Å². The molecule has 22 heavy (non-hydrogen) atoms. The molecule has 5 nitrogen and oxygen atoms in total. The minimum absolute atomic E-state index is 0.373. The Hall–Kier alpha value is -1.66. The maximum absolute atomic E-state index is 12.3. The molecule has 0 aliphatic heterocycles. The van der Waals surface area contributed by atoms with Gasteiger partial charge in [0.05, 0.1) is 11.1 Å². The number of hydrogen-bond acceptors (Lipinski definition) is 4. The molecule has 1 aliphatic rings. The molecule has 0 bridgehead atoms. The van der Waals surface area contributed by atoms with Crippen molar-refractivity contribution in [2.75, 3.05) is 6.54 Å². The molecule has 1 aromatic carbocycles. The summed E-state index contributed by atoms with van der Waals surface area (Å²) in [5, 5.41) is 3.62. The van der Waals surface area contributed by atoms with Crippen LogP contribution in [0.25, 0.3) is 0 Å². The number of nitrogens with one attached hydrogen (secondary N) is 1. The van der Waals surface area contributed by atoms with E-state index in [1.165, 1.54) is 17.5 Å². The number of hydrogen-bond donors (Lipinski definition) is 1. The van der Waals surface area contributed by atoms with Gasteiger partial charge in [-0.15, -0.1) is 0 Å². The Balaban J connectivity index is 1.60. The summed E-state index contributed by atoms with van der Waals surface area (Å²) in [5.41, 5.74) is 3.45. The van der Waals surface area contributed by atoms with Crippen LogP contribution in [0.2, 0.25) is 0 Å². The molecule has 0 atom stereocenters. The van der Waals surface area contributed by atoms with Crippen LogP contribution in [0.15, 0.2) is 40.1 Å². The van der Waals surface area contributed by atoms with Crippen molar-refractivity contribution in [3.8, 4) is 0 Å². The number of aryl methyl sites for hydroxylation is 3. The van der Waals surface area contributed by atoms with Crippen molar-refractivity contribution >= 4 is 10.0 Å². The second kappa shape index (κ2) is 6.62. The Morgan fingerprint density at radius 1 is 1.18 bits per heavy atom. The van der Waals surface area contributed by atoms with Gasteiger partial charge in [0.1, 0.15) is 6.26 Å².